The first-order valence-corrected chi connectivity index (χ1v) is 6.74. The third-order valence-electron chi connectivity index (χ3n) is 3.43. The highest BCUT2D eigenvalue weighted by atomic mass is 16.4. The number of benzene rings is 1. The van der Waals surface area contributed by atoms with E-state index < -0.39 is 5.97 Å². The van der Waals surface area contributed by atoms with Crippen molar-refractivity contribution in [2.24, 2.45) is 0 Å². The standard InChI is InChI=1S/C15H21NO2/c1-3-4-9-16(12-6-7-12)14-8-5-11(2)10-13(14)15(17)18/h5,8,10,12H,3-4,6-7,9H2,1-2H3,(H,17,18). The van der Waals surface area contributed by atoms with E-state index in [1.807, 2.05) is 19.1 Å². The van der Waals surface area contributed by atoms with Crippen molar-refractivity contribution in [3.63, 3.8) is 0 Å². The summed E-state index contributed by atoms with van der Waals surface area (Å²) in [5, 5.41) is 9.34. The molecule has 0 unspecified atom stereocenters. The molecule has 1 aliphatic rings. The number of hydrogen-bond acceptors (Lipinski definition) is 2. The van der Waals surface area contributed by atoms with Gasteiger partial charge in [0.25, 0.3) is 0 Å². The Labute approximate surface area is 108 Å². The van der Waals surface area contributed by atoms with Crippen LogP contribution in [0.3, 0.4) is 0 Å². The maximum absolute atomic E-state index is 11.4. The Morgan fingerprint density at radius 2 is 2.17 bits per heavy atom. The first-order chi connectivity index (χ1) is 8.63. The molecule has 0 aromatic heterocycles. The molecule has 0 saturated heterocycles. The molecule has 2 rings (SSSR count). The van der Waals surface area contributed by atoms with Crippen LogP contribution in [0.25, 0.3) is 0 Å². The number of carboxylic acid groups (broad SMARTS) is 1. The number of aromatic carboxylic acids is 1. The van der Waals surface area contributed by atoms with E-state index in [1.54, 1.807) is 6.07 Å². The molecule has 3 heteroatoms. The Morgan fingerprint density at radius 3 is 2.72 bits per heavy atom. The summed E-state index contributed by atoms with van der Waals surface area (Å²) in [4.78, 5) is 13.7. The number of carbonyl (C=O) groups is 1. The minimum atomic E-state index is -0.823. The van der Waals surface area contributed by atoms with Crippen LogP contribution >= 0.6 is 0 Å². The summed E-state index contributed by atoms with van der Waals surface area (Å²) in [5.41, 5.74) is 2.34. The summed E-state index contributed by atoms with van der Waals surface area (Å²) >= 11 is 0. The second-order valence-electron chi connectivity index (χ2n) is 5.10. The fraction of sp³-hybridized carbons (Fsp3) is 0.533. The van der Waals surface area contributed by atoms with Gasteiger partial charge in [-0.15, -0.1) is 0 Å². The van der Waals surface area contributed by atoms with E-state index in [1.165, 1.54) is 12.8 Å². The second kappa shape index (κ2) is 5.42. The van der Waals surface area contributed by atoms with Gasteiger partial charge < -0.3 is 10.0 Å². The number of unbranched alkanes of at least 4 members (excludes halogenated alkanes) is 1. The van der Waals surface area contributed by atoms with Crippen molar-refractivity contribution in [2.75, 3.05) is 11.4 Å². The van der Waals surface area contributed by atoms with Gasteiger partial charge in [-0.05, 0) is 38.3 Å². The molecule has 98 valence electrons. The normalized spacial score (nSPS) is 14.6. The predicted octanol–water partition coefficient (Wildman–Crippen LogP) is 3.46. The molecule has 1 aliphatic carbocycles. The van der Waals surface area contributed by atoms with Gasteiger partial charge in [0.2, 0.25) is 0 Å². The topological polar surface area (TPSA) is 40.5 Å². The van der Waals surface area contributed by atoms with Gasteiger partial charge in [-0.25, -0.2) is 4.79 Å². The first-order valence-electron chi connectivity index (χ1n) is 6.74. The lowest BCUT2D eigenvalue weighted by Gasteiger charge is -2.26. The third-order valence-corrected chi connectivity index (χ3v) is 3.43. The van der Waals surface area contributed by atoms with Crippen molar-refractivity contribution < 1.29 is 9.90 Å². The number of anilines is 1. The molecular formula is C15H21NO2. The maximum atomic E-state index is 11.4. The van der Waals surface area contributed by atoms with Crippen molar-refractivity contribution in [3.8, 4) is 0 Å². The predicted molar refractivity (Wildman–Crippen MR) is 73.4 cm³/mol. The Hall–Kier alpha value is -1.51. The molecule has 1 aromatic carbocycles. The Kier molecular flexibility index (Phi) is 3.90. The Bertz CT molecular complexity index is 438. The van der Waals surface area contributed by atoms with E-state index in [9.17, 15) is 9.90 Å². The number of hydrogen-bond donors (Lipinski definition) is 1. The zero-order valence-corrected chi connectivity index (χ0v) is 11.1. The zero-order chi connectivity index (χ0) is 13.1. The molecule has 0 heterocycles. The fourth-order valence-electron chi connectivity index (χ4n) is 2.29. The molecule has 18 heavy (non-hydrogen) atoms. The van der Waals surface area contributed by atoms with Crippen LogP contribution in [0.4, 0.5) is 5.69 Å². The molecule has 0 atom stereocenters. The van der Waals surface area contributed by atoms with Crippen LogP contribution in [0.1, 0.15) is 48.5 Å². The minimum absolute atomic E-state index is 0.443. The van der Waals surface area contributed by atoms with E-state index in [0.717, 1.165) is 30.6 Å². The van der Waals surface area contributed by atoms with Crippen molar-refractivity contribution in [3.05, 3.63) is 29.3 Å². The third kappa shape index (κ3) is 2.84. The fourth-order valence-corrected chi connectivity index (χ4v) is 2.29. The van der Waals surface area contributed by atoms with Crippen LogP contribution in [0, 0.1) is 6.92 Å². The number of rotatable bonds is 6. The molecule has 1 saturated carbocycles. The van der Waals surface area contributed by atoms with Crippen LogP contribution in [0.15, 0.2) is 18.2 Å². The summed E-state index contributed by atoms with van der Waals surface area (Å²) in [6.07, 6.45) is 4.63. The highest BCUT2D eigenvalue weighted by Crippen LogP contribution is 2.34. The van der Waals surface area contributed by atoms with E-state index in [4.69, 9.17) is 0 Å². The van der Waals surface area contributed by atoms with Gasteiger partial charge in [0.15, 0.2) is 0 Å². The molecule has 1 aromatic rings. The first kappa shape index (κ1) is 12.9. The van der Waals surface area contributed by atoms with Crippen molar-refractivity contribution >= 4 is 11.7 Å². The molecule has 1 N–H and O–H groups in total. The largest absolute Gasteiger partial charge is 0.478 e. The average molecular weight is 247 g/mol. The van der Waals surface area contributed by atoms with Crippen molar-refractivity contribution in [1.82, 2.24) is 0 Å². The highest BCUT2D eigenvalue weighted by Gasteiger charge is 2.30. The van der Waals surface area contributed by atoms with E-state index >= 15 is 0 Å². The highest BCUT2D eigenvalue weighted by molar-refractivity contribution is 5.94. The molecule has 0 spiro atoms. The number of aryl methyl sites for hydroxylation is 1. The summed E-state index contributed by atoms with van der Waals surface area (Å²) in [6, 6.07) is 6.30. The lowest BCUT2D eigenvalue weighted by atomic mass is 10.1. The lowest BCUT2D eigenvalue weighted by Crippen LogP contribution is -2.28. The summed E-state index contributed by atoms with van der Waals surface area (Å²) < 4.78 is 0. The van der Waals surface area contributed by atoms with Crippen molar-refractivity contribution in [1.29, 1.82) is 0 Å². The van der Waals surface area contributed by atoms with Crippen LogP contribution in [-0.2, 0) is 0 Å². The molecule has 0 radical (unpaired) electrons. The molecule has 3 nitrogen and oxygen atoms in total. The zero-order valence-electron chi connectivity index (χ0n) is 11.1. The quantitative estimate of drug-likeness (QED) is 0.836. The molecule has 0 aliphatic heterocycles. The van der Waals surface area contributed by atoms with Crippen molar-refractivity contribution in [2.45, 2.75) is 45.6 Å². The van der Waals surface area contributed by atoms with Gasteiger partial charge >= 0.3 is 5.97 Å². The van der Waals surface area contributed by atoms with E-state index in [2.05, 4.69) is 11.8 Å². The lowest BCUT2D eigenvalue weighted by molar-refractivity contribution is 0.0697. The van der Waals surface area contributed by atoms with Crippen LogP contribution in [0.2, 0.25) is 0 Å². The van der Waals surface area contributed by atoms with Gasteiger partial charge in [-0.1, -0.05) is 25.0 Å². The van der Waals surface area contributed by atoms with E-state index in [0.29, 0.717) is 11.6 Å². The molecule has 0 amide bonds. The smallest absolute Gasteiger partial charge is 0.337 e. The Balaban J connectivity index is 2.30. The second-order valence-corrected chi connectivity index (χ2v) is 5.10. The molecule has 0 bridgehead atoms. The van der Waals surface area contributed by atoms with E-state index in [-0.39, 0.29) is 0 Å². The monoisotopic (exact) mass is 247 g/mol. The van der Waals surface area contributed by atoms with Gasteiger partial charge in [0.05, 0.1) is 11.3 Å². The van der Waals surface area contributed by atoms with Crippen LogP contribution in [-0.4, -0.2) is 23.7 Å². The summed E-state index contributed by atoms with van der Waals surface area (Å²) in [6.45, 7) is 5.06. The minimum Gasteiger partial charge on any atom is -0.478 e. The van der Waals surface area contributed by atoms with Gasteiger partial charge in [0.1, 0.15) is 0 Å². The van der Waals surface area contributed by atoms with Gasteiger partial charge in [-0.2, -0.15) is 0 Å². The average Bonchev–Trinajstić information content (AvgIpc) is 3.15. The van der Waals surface area contributed by atoms with Crippen LogP contribution < -0.4 is 4.90 Å². The van der Waals surface area contributed by atoms with Gasteiger partial charge in [0, 0.05) is 12.6 Å². The van der Waals surface area contributed by atoms with Crippen LogP contribution in [0.5, 0.6) is 0 Å². The van der Waals surface area contributed by atoms with Gasteiger partial charge in [-0.3, -0.25) is 0 Å². The SMILES string of the molecule is CCCCN(c1ccc(C)cc1C(=O)O)C1CC1. The molecular weight excluding hydrogens is 226 g/mol. The maximum Gasteiger partial charge on any atom is 0.337 e. The summed E-state index contributed by atoms with van der Waals surface area (Å²) in [7, 11) is 0. The summed E-state index contributed by atoms with van der Waals surface area (Å²) in [5.74, 6) is -0.823. The number of carboxylic acids is 1. The number of nitrogens with zero attached hydrogens (tertiary/aromatic N) is 1. The molecule has 1 fully saturated rings. The Morgan fingerprint density at radius 1 is 1.44 bits per heavy atom.